The van der Waals surface area contributed by atoms with Crippen LogP contribution in [0.15, 0.2) is 0 Å². The third-order valence-corrected chi connectivity index (χ3v) is 56.2. The molecule has 0 spiro atoms. The van der Waals surface area contributed by atoms with Crippen molar-refractivity contribution in [2.75, 3.05) is 0 Å². The Morgan fingerprint density at radius 1 is 0.0877 bits per heavy atom. The van der Waals surface area contributed by atoms with Crippen molar-refractivity contribution in [1.82, 2.24) is 0 Å². The Hall–Kier alpha value is 0. The van der Waals surface area contributed by atoms with Crippen LogP contribution in [-0.4, -0.2) is 0 Å². The molecule has 0 heteroatoms. The smallest absolute Gasteiger partial charge is 0.0320 e. The number of fused-ring (bicyclic) bond motifs is 24. The average Bonchev–Trinajstić information content (AvgIpc) is 1.48. The van der Waals surface area contributed by atoms with Crippen LogP contribution >= 0.6 is 0 Å². The molecule has 624 valence electrons. The van der Waals surface area contributed by atoms with Crippen molar-refractivity contribution in [2.24, 2.45) is 391 Å². The molecular weight excluding hydrogens is 1370 g/mol. The van der Waals surface area contributed by atoms with Gasteiger partial charge in [-0.1, -0.05) is 60.8 Å². The monoisotopic (exact) mass is 1540 g/mol. The van der Waals surface area contributed by atoms with E-state index in [2.05, 4.69) is 41.5 Å². The van der Waals surface area contributed by atoms with E-state index in [4.69, 9.17) is 0 Å². The summed E-state index contributed by atoms with van der Waals surface area (Å²) in [5, 5.41) is 0. The fourth-order valence-corrected chi connectivity index (χ4v) is 55.3. The van der Waals surface area contributed by atoms with Gasteiger partial charge in [-0.3, -0.25) is 0 Å². The summed E-state index contributed by atoms with van der Waals surface area (Å²) in [5.74, 6) is 73.1. The highest BCUT2D eigenvalue weighted by Gasteiger charge is 2.74. The second-order valence-corrected chi connectivity index (χ2v) is 56.9. The maximum atomic E-state index is 3.03. The largest absolute Gasteiger partial charge is 0.0622 e. The van der Waals surface area contributed by atoms with Crippen molar-refractivity contribution in [1.29, 1.82) is 0 Å². The first-order valence-electron chi connectivity index (χ1n) is 55.9. The fraction of sp³-hybridized carbons (Fsp3) is 1.00. The average molecular weight is 1540 g/mol. The van der Waals surface area contributed by atoms with Gasteiger partial charge >= 0.3 is 0 Å². The maximum Gasteiger partial charge on any atom is -0.0320 e. The Labute approximate surface area is 697 Å². The van der Waals surface area contributed by atoms with Gasteiger partial charge in [-0.15, -0.1) is 0 Å². The van der Waals surface area contributed by atoms with Gasteiger partial charge in [0.2, 0.25) is 0 Å². The summed E-state index contributed by atoms with van der Waals surface area (Å²) in [7, 11) is 0. The van der Waals surface area contributed by atoms with Crippen molar-refractivity contribution in [3.63, 3.8) is 0 Å². The summed E-state index contributed by atoms with van der Waals surface area (Å²) in [6, 6.07) is 0. The first-order chi connectivity index (χ1) is 55.9. The van der Waals surface area contributed by atoms with Gasteiger partial charge in [0.25, 0.3) is 0 Å². The molecule has 0 nitrogen and oxygen atoms in total. The Morgan fingerprint density at radius 3 is 0.789 bits per heavy atom. The lowest BCUT2D eigenvalue weighted by Gasteiger charge is -2.65. The summed E-state index contributed by atoms with van der Waals surface area (Å²) in [5.41, 5.74) is 0. The minimum absolute atomic E-state index is 1.00. The minimum atomic E-state index is 1.00. The summed E-state index contributed by atoms with van der Waals surface area (Å²) in [4.78, 5) is 0. The van der Waals surface area contributed by atoms with Crippen LogP contribution in [0.2, 0.25) is 0 Å². The Kier molecular flexibility index (Phi) is 15.2. The van der Waals surface area contributed by atoms with Crippen LogP contribution in [0, 0.1) is 391 Å². The molecule has 31 aliphatic rings. The zero-order chi connectivity index (χ0) is 73.8. The van der Waals surface area contributed by atoms with E-state index in [1.807, 2.05) is 0 Å². The van der Waals surface area contributed by atoms with E-state index >= 15 is 0 Å². The highest BCUT2D eigenvalue weighted by molar-refractivity contribution is 5.23. The molecule has 31 saturated carbocycles. The molecule has 66 unspecified atom stereocenters. The highest BCUT2D eigenvalue weighted by Crippen LogP contribution is 2.82. The van der Waals surface area contributed by atoms with Crippen LogP contribution in [0.25, 0.3) is 0 Å². The van der Waals surface area contributed by atoms with Crippen LogP contribution in [0.3, 0.4) is 0 Å². The van der Waals surface area contributed by atoms with Crippen LogP contribution in [0.1, 0.15) is 311 Å². The van der Waals surface area contributed by atoms with Gasteiger partial charge < -0.3 is 0 Å². The fourth-order valence-electron chi connectivity index (χ4n) is 55.3. The summed E-state index contributed by atoms with van der Waals surface area (Å²) < 4.78 is 0. The lowest BCUT2D eigenvalue weighted by atomic mass is 9.39. The molecule has 0 N–H and O–H groups in total. The normalized spacial score (nSPS) is 71.5. The predicted octanol–water partition coefficient (Wildman–Crippen LogP) is 27.6. The Balaban J connectivity index is 0.578. The summed E-state index contributed by atoms with van der Waals surface area (Å²) in [6.45, 7) is 17.3. The van der Waals surface area contributed by atoms with E-state index in [0.717, 1.165) is 391 Å². The molecule has 0 saturated heterocycles. The van der Waals surface area contributed by atoms with Crippen molar-refractivity contribution in [3.05, 3.63) is 0 Å². The quantitative estimate of drug-likeness (QED) is 0.227. The van der Waals surface area contributed by atoms with Crippen LogP contribution in [0.4, 0.5) is 0 Å². The third kappa shape index (κ3) is 9.07. The van der Waals surface area contributed by atoms with Gasteiger partial charge in [-0.25, -0.2) is 0 Å². The van der Waals surface area contributed by atoms with Crippen LogP contribution in [-0.2, 0) is 0 Å². The zero-order valence-electron chi connectivity index (χ0n) is 73.8. The standard InChI is InChI=1S/C114H168/c1-49-9-14-71-76(49)41-94-73-18-17-72-90-20-54(6)108-98(90)48-97-89-46-85-66-26-62-22-61-25-65(84-45-88-69(35-80(61)84)39-103-109-57(31-101-107-53(5)19-52(4)77(107)42-95(88)113(101)103)12-15-74(109)75-16-13-58-32-102(108)114(97)104(110(58)75)40-70(89)36-81(62)85)27-63-24-60(21-59-23-64(28-66)83-44-87-67(33-78(59)83)37-92(71)111(94)96(87)47-91(72)73)79-34-68-38-100-106-51(3)8-11-56(106)30-99-105-50(2)7-10-55(105)29-93(112(99)100)86(68)43-82(63)79/h49-114H,7-48H2,1-6H3. The molecule has 31 fully saturated rings. The van der Waals surface area contributed by atoms with Gasteiger partial charge in [-0.2, -0.15) is 0 Å². The van der Waals surface area contributed by atoms with Gasteiger partial charge in [-0.05, 0) is 641 Å². The van der Waals surface area contributed by atoms with E-state index in [-0.39, 0.29) is 0 Å². The van der Waals surface area contributed by atoms with Gasteiger partial charge in [0.1, 0.15) is 0 Å². The molecule has 114 heavy (non-hydrogen) atoms. The first-order valence-corrected chi connectivity index (χ1v) is 55.9. The van der Waals surface area contributed by atoms with Crippen molar-refractivity contribution in [3.8, 4) is 0 Å². The second kappa shape index (κ2) is 24.6. The summed E-state index contributed by atoms with van der Waals surface area (Å²) in [6.07, 6.45) is 72.7. The van der Waals surface area contributed by atoms with E-state index in [9.17, 15) is 0 Å². The molecule has 22 bridgehead atoms. The topological polar surface area (TPSA) is 0 Å². The molecule has 0 heterocycles. The summed E-state index contributed by atoms with van der Waals surface area (Å²) >= 11 is 0. The SMILES string of the molecule is CC1CCC2C1CC1C3CCC4C3CC3C5CC6C7CC(CC8CC(CC9CC%10CC%11CC(C7)C7CC%12C(CC%117)CC7C%11C(CCC%11C%11CCC%13CC%14C%15C(C)CC(C)C%15CC%15C%16CC9C%10CC%16CC(C%13%11)C%15%14)CC9C%10C(C)CC4C%10CC%12C97)C4CC7C(CC84)CC4C8C(C)CCC8CC8C9C(C)CCC9CC7C48)C6CC5CC2C31. The molecular formula is C114H168. The maximum absolute atomic E-state index is 3.03. The van der Waals surface area contributed by atoms with Crippen LogP contribution < -0.4 is 0 Å². The molecule has 66 atom stereocenters. The Bertz CT molecular complexity index is 3800. The van der Waals surface area contributed by atoms with Gasteiger partial charge in [0.15, 0.2) is 0 Å². The van der Waals surface area contributed by atoms with Crippen molar-refractivity contribution >= 4 is 0 Å². The molecule has 0 amide bonds. The molecule has 0 aromatic carbocycles. The third-order valence-electron chi connectivity index (χ3n) is 56.2. The molecule has 0 radical (unpaired) electrons. The van der Waals surface area contributed by atoms with E-state index in [0.29, 0.717) is 0 Å². The van der Waals surface area contributed by atoms with E-state index < -0.39 is 0 Å². The molecule has 0 aromatic rings. The van der Waals surface area contributed by atoms with Gasteiger partial charge in [0, 0.05) is 0 Å². The lowest BCUT2D eigenvalue weighted by molar-refractivity contribution is -0.172. The molecule has 0 aromatic heterocycles. The van der Waals surface area contributed by atoms with Crippen LogP contribution in [0.5, 0.6) is 0 Å². The number of hydrogen-bond donors (Lipinski definition) is 0. The van der Waals surface area contributed by atoms with E-state index in [1.165, 1.54) is 0 Å². The second-order valence-electron chi connectivity index (χ2n) is 56.9. The lowest BCUT2D eigenvalue weighted by Crippen LogP contribution is -2.59. The zero-order valence-corrected chi connectivity index (χ0v) is 73.8. The predicted molar refractivity (Wildman–Crippen MR) is 458 cm³/mol. The van der Waals surface area contributed by atoms with Gasteiger partial charge in [0.05, 0.1) is 0 Å². The Morgan fingerprint density at radius 2 is 0.316 bits per heavy atom. The van der Waals surface area contributed by atoms with Crippen molar-refractivity contribution in [2.45, 2.75) is 311 Å². The van der Waals surface area contributed by atoms with Crippen molar-refractivity contribution < 1.29 is 0 Å². The molecule has 31 aliphatic carbocycles. The first kappa shape index (κ1) is 70.2. The minimum Gasteiger partial charge on any atom is -0.0622 e. The molecule has 31 rings (SSSR count). The number of rotatable bonds is 0. The highest BCUT2D eigenvalue weighted by atomic mass is 14.8. The van der Waals surface area contributed by atoms with E-state index in [1.54, 1.807) is 270 Å². The molecule has 0 aliphatic heterocycles. The number of hydrogen-bond acceptors (Lipinski definition) is 0.